The maximum Gasteiger partial charge on any atom is 0.225 e. The standard InChI is InChI=1S/C20H30N4O/c1-23(2)19-21-13-16-8-10-20(18(16)22-19)9-5-11-24(14-20)17(25)12-15-6-3-4-7-15/h13,15H,3-12,14H2,1-2H3. The molecule has 136 valence electrons. The molecule has 1 atom stereocenters. The predicted octanol–water partition coefficient (Wildman–Crippen LogP) is 2.93. The molecule has 2 aliphatic carbocycles. The number of nitrogens with zero attached hydrogens (tertiary/aromatic N) is 4. The molecule has 1 aromatic heterocycles. The summed E-state index contributed by atoms with van der Waals surface area (Å²) in [6.07, 6.45) is 12.3. The molecule has 1 aromatic rings. The molecule has 1 unspecified atom stereocenters. The van der Waals surface area contributed by atoms with Crippen molar-refractivity contribution >= 4 is 11.9 Å². The molecule has 5 heteroatoms. The molecule has 0 bridgehead atoms. The smallest absolute Gasteiger partial charge is 0.225 e. The van der Waals surface area contributed by atoms with Gasteiger partial charge >= 0.3 is 0 Å². The zero-order valence-electron chi connectivity index (χ0n) is 15.6. The molecule has 1 saturated carbocycles. The highest BCUT2D eigenvalue weighted by atomic mass is 16.2. The minimum atomic E-state index is 0.0621. The van der Waals surface area contributed by atoms with Crippen molar-refractivity contribution in [2.75, 3.05) is 32.1 Å². The molecule has 1 spiro atoms. The second-order valence-corrected chi connectivity index (χ2v) is 8.49. The van der Waals surface area contributed by atoms with Crippen molar-refractivity contribution in [3.05, 3.63) is 17.5 Å². The molecule has 1 amide bonds. The van der Waals surface area contributed by atoms with Gasteiger partial charge in [0.2, 0.25) is 11.9 Å². The van der Waals surface area contributed by atoms with E-state index in [4.69, 9.17) is 4.98 Å². The van der Waals surface area contributed by atoms with Gasteiger partial charge in [0.1, 0.15) is 0 Å². The van der Waals surface area contributed by atoms with Gasteiger partial charge in [0.05, 0.1) is 5.69 Å². The summed E-state index contributed by atoms with van der Waals surface area (Å²) >= 11 is 0. The van der Waals surface area contributed by atoms with Crippen LogP contribution in [0.1, 0.15) is 62.6 Å². The number of hydrogen-bond donors (Lipinski definition) is 0. The van der Waals surface area contributed by atoms with Crippen molar-refractivity contribution in [1.29, 1.82) is 0 Å². The number of amides is 1. The van der Waals surface area contributed by atoms with E-state index in [9.17, 15) is 4.79 Å². The van der Waals surface area contributed by atoms with Crippen molar-refractivity contribution in [2.24, 2.45) is 5.92 Å². The van der Waals surface area contributed by atoms with Crippen LogP contribution >= 0.6 is 0 Å². The Kier molecular flexibility index (Phi) is 4.42. The summed E-state index contributed by atoms with van der Waals surface area (Å²) in [5.74, 6) is 1.79. The van der Waals surface area contributed by atoms with E-state index < -0.39 is 0 Å². The second kappa shape index (κ2) is 6.58. The lowest BCUT2D eigenvalue weighted by atomic mass is 9.77. The molecule has 0 aromatic carbocycles. The van der Waals surface area contributed by atoms with E-state index in [1.54, 1.807) is 0 Å². The van der Waals surface area contributed by atoms with Crippen LogP contribution in [0.2, 0.25) is 0 Å². The number of carbonyl (C=O) groups is 1. The van der Waals surface area contributed by atoms with E-state index >= 15 is 0 Å². The Morgan fingerprint density at radius 3 is 2.84 bits per heavy atom. The molecule has 2 fully saturated rings. The number of fused-ring (bicyclic) bond motifs is 2. The van der Waals surface area contributed by atoms with Crippen molar-refractivity contribution < 1.29 is 4.79 Å². The molecule has 0 N–H and O–H groups in total. The van der Waals surface area contributed by atoms with Gasteiger partial charge in [0.25, 0.3) is 0 Å². The van der Waals surface area contributed by atoms with Gasteiger partial charge < -0.3 is 9.80 Å². The van der Waals surface area contributed by atoms with Crippen molar-refractivity contribution in [3.63, 3.8) is 0 Å². The average molecular weight is 342 g/mol. The molecule has 4 rings (SSSR count). The van der Waals surface area contributed by atoms with Crippen LogP contribution < -0.4 is 4.90 Å². The quantitative estimate of drug-likeness (QED) is 0.847. The Hall–Kier alpha value is -1.65. The Morgan fingerprint density at radius 1 is 1.28 bits per heavy atom. The summed E-state index contributed by atoms with van der Waals surface area (Å²) in [6, 6.07) is 0. The van der Waals surface area contributed by atoms with Crippen LogP contribution in [0.15, 0.2) is 6.20 Å². The van der Waals surface area contributed by atoms with Crippen LogP contribution in [0.5, 0.6) is 0 Å². The fourth-order valence-electron chi connectivity index (χ4n) is 5.08. The van der Waals surface area contributed by atoms with Gasteiger partial charge in [-0.1, -0.05) is 12.8 Å². The fraction of sp³-hybridized carbons (Fsp3) is 0.750. The van der Waals surface area contributed by atoms with Gasteiger partial charge in [-0.15, -0.1) is 0 Å². The van der Waals surface area contributed by atoms with Gasteiger partial charge in [-0.25, -0.2) is 9.97 Å². The third-order valence-electron chi connectivity index (χ3n) is 6.49. The van der Waals surface area contributed by atoms with Gasteiger partial charge in [0, 0.05) is 45.2 Å². The molecule has 5 nitrogen and oxygen atoms in total. The number of piperidine rings is 1. The van der Waals surface area contributed by atoms with Gasteiger partial charge in [-0.05, 0) is 50.0 Å². The predicted molar refractivity (Wildman–Crippen MR) is 98.7 cm³/mol. The molecule has 3 aliphatic rings. The number of rotatable bonds is 3. The van der Waals surface area contributed by atoms with Crippen molar-refractivity contribution in [2.45, 2.75) is 63.2 Å². The zero-order chi connectivity index (χ0) is 17.4. The van der Waals surface area contributed by atoms with E-state index in [0.717, 1.165) is 51.1 Å². The van der Waals surface area contributed by atoms with Crippen molar-refractivity contribution in [3.8, 4) is 0 Å². The number of carbonyl (C=O) groups excluding carboxylic acids is 1. The van der Waals surface area contributed by atoms with Gasteiger partial charge in [-0.2, -0.15) is 0 Å². The highest BCUT2D eigenvalue weighted by Gasteiger charge is 2.45. The highest BCUT2D eigenvalue weighted by molar-refractivity contribution is 5.76. The second-order valence-electron chi connectivity index (χ2n) is 8.49. The first-order valence-corrected chi connectivity index (χ1v) is 9.89. The fourth-order valence-corrected chi connectivity index (χ4v) is 5.08. The molecular weight excluding hydrogens is 312 g/mol. The van der Waals surface area contributed by atoms with E-state index in [1.165, 1.54) is 36.9 Å². The summed E-state index contributed by atoms with van der Waals surface area (Å²) in [5.41, 5.74) is 2.56. The van der Waals surface area contributed by atoms with Crippen molar-refractivity contribution in [1.82, 2.24) is 14.9 Å². The lowest BCUT2D eigenvalue weighted by Gasteiger charge is -2.41. The third-order valence-corrected chi connectivity index (χ3v) is 6.49. The number of hydrogen-bond acceptors (Lipinski definition) is 4. The normalized spacial score (nSPS) is 26.2. The third kappa shape index (κ3) is 3.13. The number of likely N-dealkylation sites (tertiary alicyclic amines) is 1. The SMILES string of the molecule is CN(C)c1ncc2c(n1)C1(CCCN(C(=O)CC3CCCC3)C1)CC2. The minimum Gasteiger partial charge on any atom is -0.347 e. The van der Waals surface area contributed by atoms with Gasteiger partial charge in [-0.3, -0.25) is 4.79 Å². The zero-order valence-corrected chi connectivity index (χ0v) is 15.6. The monoisotopic (exact) mass is 342 g/mol. The Balaban J connectivity index is 1.53. The van der Waals surface area contributed by atoms with Crippen LogP contribution in [-0.2, 0) is 16.6 Å². The molecule has 25 heavy (non-hydrogen) atoms. The van der Waals surface area contributed by atoms with E-state index in [0.29, 0.717) is 11.8 Å². The summed E-state index contributed by atoms with van der Waals surface area (Å²) in [6.45, 7) is 1.78. The van der Waals surface area contributed by atoms with E-state index in [2.05, 4.69) is 9.88 Å². The summed E-state index contributed by atoms with van der Waals surface area (Å²) in [4.78, 5) is 26.4. The summed E-state index contributed by atoms with van der Waals surface area (Å²) in [5, 5.41) is 0. The number of aromatic nitrogens is 2. The maximum absolute atomic E-state index is 12.9. The van der Waals surface area contributed by atoms with Crippen LogP contribution in [0, 0.1) is 5.92 Å². The number of anilines is 1. The molecule has 0 radical (unpaired) electrons. The van der Waals surface area contributed by atoms with Crippen LogP contribution in [0.3, 0.4) is 0 Å². The average Bonchev–Trinajstić information content (AvgIpc) is 3.24. The van der Waals surface area contributed by atoms with Crippen LogP contribution in [-0.4, -0.2) is 48.0 Å². The Morgan fingerprint density at radius 2 is 2.08 bits per heavy atom. The summed E-state index contributed by atoms with van der Waals surface area (Å²) in [7, 11) is 3.98. The summed E-state index contributed by atoms with van der Waals surface area (Å²) < 4.78 is 0. The van der Waals surface area contributed by atoms with Crippen LogP contribution in [0.25, 0.3) is 0 Å². The van der Waals surface area contributed by atoms with Crippen LogP contribution in [0.4, 0.5) is 5.95 Å². The highest BCUT2D eigenvalue weighted by Crippen LogP contribution is 2.44. The first-order valence-electron chi connectivity index (χ1n) is 9.89. The van der Waals surface area contributed by atoms with E-state index in [1.807, 2.05) is 25.2 Å². The Bertz CT molecular complexity index is 649. The minimum absolute atomic E-state index is 0.0621. The lowest BCUT2D eigenvalue weighted by molar-refractivity contribution is -0.134. The van der Waals surface area contributed by atoms with Gasteiger partial charge in [0.15, 0.2) is 0 Å². The van der Waals surface area contributed by atoms with E-state index in [-0.39, 0.29) is 5.41 Å². The largest absolute Gasteiger partial charge is 0.347 e. The molecule has 1 aliphatic heterocycles. The first kappa shape index (κ1) is 16.8. The molecule has 2 heterocycles. The topological polar surface area (TPSA) is 49.3 Å². The maximum atomic E-state index is 12.9. The Labute approximate surface area is 150 Å². The lowest BCUT2D eigenvalue weighted by Crippen LogP contribution is -2.48. The first-order chi connectivity index (χ1) is 12.1. The molecular formula is C20H30N4O. The molecule has 1 saturated heterocycles. The number of aryl methyl sites for hydroxylation is 1.